The lowest BCUT2D eigenvalue weighted by molar-refractivity contribution is -0.126. The van der Waals surface area contributed by atoms with Crippen LogP contribution in [0.3, 0.4) is 0 Å². The fourth-order valence-electron chi connectivity index (χ4n) is 4.04. The summed E-state index contributed by atoms with van der Waals surface area (Å²) in [6.07, 6.45) is 3.65. The van der Waals surface area contributed by atoms with Crippen LogP contribution in [-0.2, 0) is 14.9 Å². The van der Waals surface area contributed by atoms with Gasteiger partial charge in [-0.2, -0.15) is 0 Å². The minimum Gasteiger partial charge on any atom is -0.454 e. The fourth-order valence-corrected chi connectivity index (χ4v) is 4.04. The first kappa shape index (κ1) is 16.7. The Balaban J connectivity index is 1.50. The lowest BCUT2D eigenvalue weighted by Crippen LogP contribution is -2.47. The molecular weight excluding hydrogens is 320 g/mol. The Labute approximate surface area is 148 Å². The second-order valence-electron chi connectivity index (χ2n) is 7.20. The second kappa shape index (κ2) is 7.22. The van der Waals surface area contributed by atoms with E-state index in [-0.39, 0.29) is 24.0 Å². The molecule has 3 aliphatic rings. The van der Waals surface area contributed by atoms with E-state index in [9.17, 15) is 4.79 Å². The summed E-state index contributed by atoms with van der Waals surface area (Å²) in [6, 6.07) is 6.16. The predicted molar refractivity (Wildman–Crippen MR) is 92.9 cm³/mol. The average molecular weight is 346 g/mol. The van der Waals surface area contributed by atoms with E-state index < -0.39 is 0 Å². The summed E-state index contributed by atoms with van der Waals surface area (Å²) < 4.78 is 16.6. The second-order valence-corrected chi connectivity index (χ2v) is 7.20. The third kappa shape index (κ3) is 3.46. The maximum Gasteiger partial charge on any atom is 0.231 e. The lowest BCUT2D eigenvalue weighted by atomic mass is 9.74. The van der Waals surface area contributed by atoms with Crippen LogP contribution in [0.15, 0.2) is 18.2 Å². The van der Waals surface area contributed by atoms with Crippen molar-refractivity contribution in [2.75, 3.05) is 39.6 Å². The van der Waals surface area contributed by atoms with Crippen LogP contribution in [0.2, 0.25) is 0 Å². The summed E-state index contributed by atoms with van der Waals surface area (Å²) in [5.41, 5.74) is 1.10. The molecule has 2 N–H and O–H groups in total. The molecule has 0 aromatic heterocycles. The monoisotopic (exact) mass is 346 g/mol. The zero-order valence-corrected chi connectivity index (χ0v) is 14.5. The van der Waals surface area contributed by atoms with Gasteiger partial charge in [0, 0.05) is 31.1 Å². The molecule has 3 heterocycles. The number of piperidine rings is 1. The molecule has 0 saturated carbocycles. The van der Waals surface area contributed by atoms with Gasteiger partial charge in [0.2, 0.25) is 12.7 Å². The highest BCUT2D eigenvalue weighted by Gasteiger charge is 2.36. The number of hydrogen-bond donors (Lipinski definition) is 2. The molecule has 0 aliphatic carbocycles. The van der Waals surface area contributed by atoms with Crippen molar-refractivity contribution in [2.45, 2.75) is 31.1 Å². The minimum absolute atomic E-state index is 0.0954. The van der Waals surface area contributed by atoms with E-state index in [0.29, 0.717) is 6.54 Å². The van der Waals surface area contributed by atoms with Crippen LogP contribution in [0, 0.1) is 5.92 Å². The van der Waals surface area contributed by atoms with Crippen molar-refractivity contribution in [2.24, 2.45) is 5.92 Å². The molecule has 6 nitrogen and oxygen atoms in total. The Morgan fingerprint density at radius 2 is 1.92 bits per heavy atom. The standard InChI is InChI=1S/C19H26N2O4/c22-18(14-3-7-20-8-4-14)21-12-19(5-9-23-10-6-19)15-1-2-16-17(11-15)25-13-24-16/h1-2,11,14,20H,3-10,12-13H2,(H,21,22). The molecule has 6 heteroatoms. The number of rotatable bonds is 4. The summed E-state index contributed by atoms with van der Waals surface area (Å²) in [4.78, 5) is 12.6. The molecule has 0 radical (unpaired) electrons. The van der Waals surface area contributed by atoms with Gasteiger partial charge in [-0.15, -0.1) is 0 Å². The molecule has 1 aromatic rings. The SMILES string of the molecule is O=C(NCC1(c2ccc3c(c2)OCO3)CCOCC1)C1CCNCC1. The van der Waals surface area contributed by atoms with Crippen LogP contribution in [-0.4, -0.2) is 45.5 Å². The Bertz CT molecular complexity index is 622. The highest BCUT2D eigenvalue weighted by atomic mass is 16.7. The van der Waals surface area contributed by atoms with E-state index >= 15 is 0 Å². The van der Waals surface area contributed by atoms with Crippen LogP contribution in [0.1, 0.15) is 31.2 Å². The highest BCUT2D eigenvalue weighted by Crippen LogP contribution is 2.40. The van der Waals surface area contributed by atoms with E-state index in [4.69, 9.17) is 14.2 Å². The predicted octanol–water partition coefficient (Wildman–Crippen LogP) is 1.58. The number of ether oxygens (including phenoxy) is 3. The Kier molecular flexibility index (Phi) is 4.81. The third-order valence-electron chi connectivity index (χ3n) is 5.75. The van der Waals surface area contributed by atoms with Gasteiger partial charge < -0.3 is 24.8 Å². The first-order valence-electron chi connectivity index (χ1n) is 9.23. The number of nitrogens with one attached hydrogen (secondary N) is 2. The van der Waals surface area contributed by atoms with E-state index in [1.165, 1.54) is 5.56 Å². The normalized spacial score (nSPS) is 22.6. The molecule has 0 unspecified atom stereocenters. The molecule has 0 atom stereocenters. The summed E-state index contributed by atoms with van der Waals surface area (Å²) in [6.45, 7) is 4.23. The largest absolute Gasteiger partial charge is 0.454 e. The molecule has 1 aromatic carbocycles. The first-order chi connectivity index (χ1) is 12.3. The number of amides is 1. The van der Waals surface area contributed by atoms with Crippen molar-refractivity contribution in [1.82, 2.24) is 10.6 Å². The summed E-state index contributed by atoms with van der Waals surface area (Å²) in [7, 11) is 0. The zero-order valence-electron chi connectivity index (χ0n) is 14.5. The van der Waals surface area contributed by atoms with Gasteiger partial charge in [-0.1, -0.05) is 6.07 Å². The van der Waals surface area contributed by atoms with Gasteiger partial charge in [0.1, 0.15) is 0 Å². The van der Waals surface area contributed by atoms with Gasteiger partial charge in [0.15, 0.2) is 11.5 Å². The van der Waals surface area contributed by atoms with Crippen LogP contribution < -0.4 is 20.1 Å². The van der Waals surface area contributed by atoms with Gasteiger partial charge in [-0.3, -0.25) is 4.79 Å². The van der Waals surface area contributed by atoms with Gasteiger partial charge in [0.05, 0.1) is 0 Å². The maximum atomic E-state index is 12.6. The maximum absolute atomic E-state index is 12.6. The topological polar surface area (TPSA) is 68.8 Å². The van der Waals surface area contributed by atoms with Gasteiger partial charge in [0.25, 0.3) is 0 Å². The number of fused-ring (bicyclic) bond motifs is 1. The van der Waals surface area contributed by atoms with E-state index in [1.54, 1.807) is 0 Å². The zero-order chi connectivity index (χ0) is 17.1. The van der Waals surface area contributed by atoms with Crippen molar-refractivity contribution in [3.05, 3.63) is 23.8 Å². The minimum atomic E-state index is -0.0954. The summed E-state index contributed by atoms with van der Waals surface area (Å²) >= 11 is 0. The molecule has 1 amide bonds. The smallest absolute Gasteiger partial charge is 0.231 e. The first-order valence-corrected chi connectivity index (χ1v) is 9.23. The molecule has 0 spiro atoms. The molecule has 2 saturated heterocycles. The van der Waals surface area contributed by atoms with Crippen molar-refractivity contribution in [1.29, 1.82) is 0 Å². The molecule has 2 fully saturated rings. The Morgan fingerprint density at radius 1 is 1.16 bits per heavy atom. The van der Waals surface area contributed by atoms with E-state index in [0.717, 1.165) is 63.5 Å². The van der Waals surface area contributed by atoms with Crippen LogP contribution in [0.4, 0.5) is 0 Å². The highest BCUT2D eigenvalue weighted by molar-refractivity contribution is 5.78. The van der Waals surface area contributed by atoms with E-state index in [1.807, 2.05) is 6.07 Å². The van der Waals surface area contributed by atoms with Crippen LogP contribution in [0.25, 0.3) is 0 Å². The number of carbonyl (C=O) groups excluding carboxylic acids is 1. The quantitative estimate of drug-likeness (QED) is 0.866. The van der Waals surface area contributed by atoms with E-state index in [2.05, 4.69) is 22.8 Å². The van der Waals surface area contributed by atoms with Crippen LogP contribution in [0.5, 0.6) is 11.5 Å². The number of benzene rings is 1. The van der Waals surface area contributed by atoms with Crippen molar-refractivity contribution >= 4 is 5.91 Å². The van der Waals surface area contributed by atoms with Crippen molar-refractivity contribution in [3.8, 4) is 11.5 Å². The van der Waals surface area contributed by atoms with Gasteiger partial charge in [-0.25, -0.2) is 0 Å². The summed E-state index contributed by atoms with van der Waals surface area (Å²) in [5.74, 6) is 1.92. The molecule has 0 bridgehead atoms. The van der Waals surface area contributed by atoms with Crippen molar-refractivity contribution < 1.29 is 19.0 Å². The molecule has 4 rings (SSSR count). The lowest BCUT2D eigenvalue weighted by Gasteiger charge is -2.38. The van der Waals surface area contributed by atoms with Gasteiger partial charge >= 0.3 is 0 Å². The third-order valence-corrected chi connectivity index (χ3v) is 5.75. The Hall–Kier alpha value is -1.79. The van der Waals surface area contributed by atoms with Crippen molar-refractivity contribution in [3.63, 3.8) is 0 Å². The van der Waals surface area contributed by atoms with Gasteiger partial charge in [-0.05, 0) is 56.5 Å². The summed E-state index contributed by atoms with van der Waals surface area (Å²) in [5, 5.41) is 6.54. The number of hydrogen-bond acceptors (Lipinski definition) is 5. The molecule has 25 heavy (non-hydrogen) atoms. The molecule has 136 valence electrons. The average Bonchev–Trinajstić information content (AvgIpc) is 3.15. The fraction of sp³-hybridized carbons (Fsp3) is 0.632. The molecular formula is C19H26N2O4. The number of carbonyl (C=O) groups is 1. The molecule has 3 aliphatic heterocycles. The van der Waals surface area contributed by atoms with Crippen LogP contribution >= 0.6 is 0 Å². The Morgan fingerprint density at radius 3 is 2.72 bits per heavy atom.